The Kier molecular flexibility index (Phi) is 4.97. The zero-order valence-corrected chi connectivity index (χ0v) is 12.0. The van der Waals surface area contributed by atoms with Gasteiger partial charge in [0.25, 0.3) is 0 Å². The van der Waals surface area contributed by atoms with Gasteiger partial charge in [0.1, 0.15) is 5.69 Å². The van der Waals surface area contributed by atoms with Crippen molar-refractivity contribution in [1.82, 2.24) is 4.98 Å². The van der Waals surface area contributed by atoms with Crippen molar-refractivity contribution in [3.8, 4) is 0 Å². The molecule has 0 spiro atoms. The Morgan fingerprint density at radius 2 is 2.33 bits per heavy atom. The number of hydrogen-bond donors (Lipinski definition) is 0. The molecule has 4 nitrogen and oxygen atoms in total. The van der Waals surface area contributed by atoms with E-state index in [2.05, 4.69) is 9.88 Å². The zero-order chi connectivity index (χ0) is 13.0. The summed E-state index contributed by atoms with van der Waals surface area (Å²) in [6, 6.07) is 0. The summed E-state index contributed by atoms with van der Waals surface area (Å²) in [5.41, 5.74) is 0.476. The Hall–Kier alpha value is -0.650. The lowest BCUT2D eigenvalue weighted by Crippen LogP contribution is -2.29. The van der Waals surface area contributed by atoms with Gasteiger partial charge in [-0.3, -0.25) is 4.79 Å². The number of carbonyl (C=O) groups is 1. The summed E-state index contributed by atoms with van der Waals surface area (Å²) < 4.78 is 5.35. The summed E-state index contributed by atoms with van der Waals surface area (Å²) in [5, 5.41) is 2.66. The molecule has 1 aromatic rings. The topological polar surface area (TPSA) is 42.4 Å². The fourth-order valence-electron chi connectivity index (χ4n) is 2.03. The molecule has 1 aromatic heterocycles. The molecule has 0 bridgehead atoms. The molecule has 1 saturated heterocycles. The van der Waals surface area contributed by atoms with E-state index < -0.39 is 0 Å². The first kappa shape index (κ1) is 13.8. The van der Waals surface area contributed by atoms with Gasteiger partial charge in [-0.2, -0.15) is 0 Å². The van der Waals surface area contributed by atoms with Crippen molar-refractivity contribution in [2.45, 2.75) is 12.8 Å². The Bertz CT molecular complexity index is 405. The van der Waals surface area contributed by atoms with Crippen LogP contribution in [0.1, 0.15) is 23.3 Å². The predicted octanol–water partition coefficient (Wildman–Crippen LogP) is 2.43. The van der Waals surface area contributed by atoms with E-state index in [1.165, 1.54) is 11.3 Å². The van der Waals surface area contributed by atoms with Crippen LogP contribution in [0.5, 0.6) is 0 Å². The van der Waals surface area contributed by atoms with Gasteiger partial charge in [0.05, 0.1) is 5.88 Å². The number of rotatable bonds is 5. The average Bonchev–Trinajstić information content (AvgIpc) is 2.88. The fourth-order valence-corrected chi connectivity index (χ4v) is 2.97. The number of halogens is 1. The predicted molar refractivity (Wildman–Crippen MR) is 74.0 cm³/mol. The number of ketones is 1. The number of carbonyl (C=O) groups excluding carboxylic acids is 1. The second-order valence-corrected chi connectivity index (χ2v) is 5.61. The third-order valence-electron chi connectivity index (χ3n) is 3.10. The number of ether oxygens (including phenoxy) is 1. The zero-order valence-electron chi connectivity index (χ0n) is 10.4. The van der Waals surface area contributed by atoms with E-state index in [1.807, 2.05) is 7.05 Å². The van der Waals surface area contributed by atoms with Gasteiger partial charge in [-0.25, -0.2) is 4.98 Å². The molecule has 2 heterocycles. The fraction of sp³-hybridized carbons (Fsp3) is 0.667. The lowest BCUT2D eigenvalue weighted by Gasteiger charge is -2.26. The van der Waals surface area contributed by atoms with Gasteiger partial charge in [-0.15, -0.1) is 22.9 Å². The van der Waals surface area contributed by atoms with E-state index in [9.17, 15) is 4.79 Å². The van der Waals surface area contributed by atoms with Crippen LogP contribution >= 0.6 is 22.9 Å². The maximum atomic E-state index is 11.4. The van der Waals surface area contributed by atoms with Crippen LogP contribution in [-0.2, 0) is 4.74 Å². The van der Waals surface area contributed by atoms with Gasteiger partial charge in [-0.1, -0.05) is 0 Å². The number of hydrogen-bond acceptors (Lipinski definition) is 5. The summed E-state index contributed by atoms with van der Waals surface area (Å²) in [6.45, 7) is 2.67. The van der Waals surface area contributed by atoms with Crippen molar-refractivity contribution in [3.05, 3.63) is 11.1 Å². The smallest absolute Gasteiger partial charge is 0.196 e. The number of thiazole rings is 1. The maximum Gasteiger partial charge on any atom is 0.196 e. The minimum absolute atomic E-state index is 0.00709. The van der Waals surface area contributed by atoms with Crippen molar-refractivity contribution in [1.29, 1.82) is 0 Å². The van der Waals surface area contributed by atoms with Crippen molar-refractivity contribution in [2.24, 2.45) is 5.92 Å². The van der Waals surface area contributed by atoms with Crippen molar-refractivity contribution in [3.63, 3.8) is 0 Å². The first-order valence-corrected chi connectivity index (χ1v) is 7.45. The third kappa shape index (κ3) is 3.43. The van der Waals surface area contributed by atoms with Gasteiger partial charge in [0.2, 0.25) is 0 Å². The molecule has 0 aliphatic carbocycles. The minimum Gasteiger partial charge on any atom is -0.381 e. The molecule has 0 N–H and O–H groups in total. The Morgan fingerprint density at radius 1 is 1.61 bits per heavy atom. The number of Topliss-reactive ketones (excluding diaryl/α,β-unsaturated/α-hetero) is 1. The molecule has 1 aliphatic heterocycles. The van der Waals surface area contributed by atoms with E-state index >= 15 is 0 Å². The van der Waals surface area contributed by atoms with Crippen LogP contribution in [0.3, 0.4) is 0 Å². The molecule has 0 amide bonds. The molecule has 0 unspecified atom stereocenters. The molecule has 18 heavy (non-hydrogen) atoms. The standard InChI is InChI=1S/C12H17ClN2O2S/c1-15(7-9-2-4-17-5-3-9)12-14-10(8-18-12)11(16)6-13/h8-9H,2-7H2,1H3. The summed E-state index contributed by atoms with van der Waals surface area (Å²) in [5.74, 6) is 0.533. The molecule has 1 fully saturated rings. The van der Waals surface area contributed by atoms with Crippen molar-refractivity contribution in [2.75, 3.05) is 37.6 Å². The van der Waals surface area contributed by atoms with Gasteiger partial charge >= 0.3 is 0 Å². The van der Waals surface area contributed by atoms with E-state index in [0.717, 1.165) is 37.7 Å². The van der Waals surface area contributed by atoms with Crippen LogP contribution < -0.4 is 4.90 Å². The van der Waals surface area contributed by atoms with Crippen molar-refractivity contribution >= 4 is 33.9 Å². The SMILES string of the molecule is CN(CC1CCOCC1)c1nc(C(=O)CCl)cs1. The Morgan fingerprint density at radius 3 is 3.00 bits per heavy atom. The largest absolute Gasteiger partial charge is 0.381 e. The second-order valence-electron chi connectivity index (χ2n) is 4.51. The van der Waals surface area contributed by atoms with E-state index in [4.69, 9.17) is 16.3 Å². The maximum absolute atomic E-state index is 11.4. The van der Waals surface area contributed by atoms with Crippen LogP contribution in [0.15, 0.2) is 5.38 Å². The third-order valence-corrected chi connectivity index (χ3v) is 4.30. The monoisotopic (exact) mass is 288 g/mol. The highest BCUT2D eigenvalue weighted by molar-refractivity contribution is 7.13. The van der Waals surface area contributed by atoms with Crippen LogP contribution in [0.4, 0.5) is 5.13 Å². The highest BCUT2D eigenvalue weighted by Gasteiger charge is 2.18. The Labute approximate surface area is 116 Å². The van der Waals surface area contributed by atoms with Gasteiger partial charge in [0.15, 0.2) is 10.9 Å². The van der Waals surface area contributed by atoms with Gasteiger partial charge < -0.3 is 9.64 Å². The van der Waals surface area contributed by atoms with Crippen LogP contribution in [0, 0.1) is 5.92 Å². The van der Waals surface area contributed by atoms with E-state index in [-0.39, 0.29) is 11.7 Å². The quantitative estimate of drug-likeness (QED) is 0.616. The summed E-state index contributed by atoms with van der Waals surface area (Å²) in [4.78, 5) is 17.9. The van der Waals surface area contributed by atoms with Crippen LogP contribution in [0.25, 0.3) is 0 Å². The summed E-state index contributed by atoms with van der Waals surface area (Å²) in [6.07, 6.45) is 2.20. The lowest BCUT2D eigenvalue weighted by molar-refractivity contribution is 0.0685. The van der Waals surface area contributed by atoms with Crippen LogP contribution in [-0.4, -0.2) is 43.5 Å². The van der Waals surface area contributed by atoms with E-state index in [1.54, 1.807) is 5.38 Å². The number of aromatic nitrogens is 1. The van der Waals surface area contributed by atoms with Gasteiger partial charge in [-0.05, 0) is 18.8 Å². The molecular formula is C12H17ClN2O2S. The summed E-state index contributed by atoms with van der Waals surface area (Å²) in [7, 11) is 2.02. The number of anilines is 1. The van der Waals surface area contributed by atoms with E-state index in [0.29, 0.717) is 11.6 Å². The molecule has 1 aliphatic rings. The highest BCUT2D eigenvalue weighted by atomic mass is 35.5. The van der Waals surface area contributed by atoms with Crippen LogP contribution in [0.2, 0.25) is 0 Å². The minimum atomic E-state index is -0.112. The molecular weight excluding hydrogens is 272 g/mol. The molecule has 0 atom stereocenters. The second kappa shape index (κ2) is 6.50. The summed E-state index contributed by atoms with van der Waals surface area (Å²) >= 11 is 7.01. The molecule has 0 radical (unpaired) electrons. The first-order valence-electron chi connectivity index (χ1n) is 6.04. The molecule has 2 rings (SSSR count). The normalized spacial score (nSPS) is 16.8. The number of nitrogens with zero attached hydrogens (tertiary/aromatic N) is 2. The van der Waals surface area contributed by atoms with Gasteiger partial charge in [0, 0.05) is 32.2 Å². The molecule has 0 aromatic carbocycles. The lowest BCUT2D eigenvalue weighted by atomic mass is 10.0. The molecule has 100 valence electrons. The molecule has 6 heteroatoms. The average molecular weight is 289 g/mol. The Balaban J connectivity index is 1.93. The van der Waals surface area contributed by atoms with Crippen molar-refractivity contribution < 1.29 is 9.53 Å². The highest BCUT2D eigenvalue weighted by Crippen LogP contribution is 2.23. The first-order chi connectivity index (χ1) is 8.70. The number of alkyl halides is 1. The molecule has 0 saturated carbocycles.